The number of primary amides is 1. The maximum atomic E-state index is 12.1. The third-order valence-electron chi connectivity index (χ3n) is 3.57. The lowest BCUT2D eigenvalue weighted by Gasteiger charge is -2.12. The summed E-state index contributed by atoms with van der Waals surface area (Å²) in [7, 11) is 0. The smallest absolute Gasteiger partial charge is 0.248 e. The standard InChI is InChI=1S/C19H23N3O3.ClH/c1-2-21-13-15-6-3-4-9-17(15)22-18(23)10-11-25-16-8-5-7-14(12-16)19(20)24;/h3-9,12,21H,2,10-11,13H2,1H3,(H2,20,24)(H,22,23);1H. The van der Waals surface area contributed by atoms with E-state index in [0.29, 0.717) is 17.9 Å². The molecule has 0 atom stereocenters. The number of hydrogen-bond acceptors (Lipinski definition) is 4. The van der Waals surface area contributed by atoms with Gasteiger partial charge in [0.1, 0.15) is 5.75 Å². The first-order chi connectivity index (χ1) is 12.1. The van der Waals surface area contributed by atoms with Crippen LogP contribution in [-0.2, 0) is 11.3 Å². The lowest BCUT2D eigenvalue weighted by molar-refractivity contribution is -0.116. The molecule has 2 amide bonds. The second-order valence-corrected chi connectivity index (χ2v) is 5.48. The minimum Gasteiger partial charge on any atom is -0.493 e. The van der Waals surface area contributed by atoms with Crippen molar-refractivity contribution in [3.63, 3.8) is 0 Å². The van der Waals surface area contributed by atoms with Crippen LogP contribution in [-0.4, -0.2) is 25.0 Å². The molecule has 2 aromatic rings. The first-order valence-electron chi connectivity index (χ1n) is 8.21. The van der Waals surface area contributed by atoms with Gasteiger partial charge >= 0.3 is 0 Å². The molecule has 2 rings (SSSR count). The monoisotopic (exact) mass is 377 g/mol. The van der Waals surface area contributed by atoms with Crippen LogP contribution in [0.4, 0.5) is 5.69 Å². The molecule has 0 heterocycles. The molecule has 140 valence electrons. The molecule has 4 N–H and O–H groups in total. The van der Waals surface area contributed by atoms with Crippen LogP contribution in [0.5, 0.6) is 5.75 Å². The fraction of sp³-hybridized carbons (Fsp3) is 0.263. The first kappa shape index (κ1) is 21.5. The number of para-hydroxylation sites is 1. The molecule has 0 fully saturated rings. The van der Waals surface area contributed by atoms with Gasteiger partial charge in [0.05, 0.1) is 13.0 Å². The molecular formula is C19H24ClN3O3. The van der Waals surface area contributed by atoms with Crippen LogP contribution in [0, 0.1) is 0 Å². The quantitative estimate of drug-likeness (QED) is 0.626. The highest BCUT2D eigenvalue weighted by Gasteiger charge is 2.07. The Kier molecular flexibility index (Phi) is 9.19. The summed E-state index contributed by atoms with van der Waals surface area (Å²) >= 11 is 0. The molecule has 0 bridgehead atoms. The summed E-state index contributed by atoms with van der Waals surface area (Å²) in [5, 5.41) is 6.15. The molecular weight excluding hydrogens is 354 g/mol. The zero-order valence-corrected chi connectivity index (χ0v) is 15.5. The van der Waals surface area contributed by atoms with E-state index in [1.54, 1.807) is 24.3 Å². The van der Waals surface area contributed by atoms with E-state index in [9.17, 15) is 9.59 Å². The number of nitrogens with one attached hydrogen (secondary N) is 2. The Morgan fingerprint density at radius 1 is 1.12 bits per heavy atom. The molecule has 6 nitrogen and oxygen atoms in total. The number of carbonyl (C=O) groups is 2. The van der Waals surface area contributed by atoms with E-state index in [-0.39, 0.29) is 31.3 Å². The average Bonchev–Trinajstić information content (AvgIpc) is 2.61. The number of rotatable bonds is 9. The molecule has 0 aliphatic rings. The number of anilines is 1. The number of carbonyl (C=O) groups excluding carboxylic acids is 2. The van der Waals surface area contributed by atoms with Gasteiger partial charge in [0.2, 0.25) is 11.8 Å². The Morgan fingerprint density at radius 3 is 2.62 bits per heavy atom. The van der Waals surface area contributed by atoms with Gasteiger partial charge in [-0.2, -0.15) is 0 Å². The van der Waals surface area contributed by atoms with Crippen LogP contribution in [0.3, 0.4) is 0 Å². The molecule has 0 aliphatic heterocycles. The average molecular weight is 378 g/mol. The van der Waals surface area contributed by atoms with Crippen molar-refractivity contribution in [2.45, 2.75) is 19.9 Å². The summed E-state index contributed by atoms with van der Waals surface area (Å²) in [4.78, 5) is 23.3. The fourth-order valence-corrected chi connectivity index (χ4v) is 2.27. The molecule has 0 spiro atoms. The van der Waals surface area contributed by atoms with Gasteiger partial charge in [-0.05, 0) is 36.4 Å². The molecule has 0 aliphatic carbocycles. The molecule has 0 radical (unpaired) electrons. The SMILES string of the molecule is CCNCc1ccccc1NC(=O)CCOc1cccc(C(N)=O)c1.Cl. The fourth-order valence-electron chi connectivity index (χ4n) is 2.27. The normalized spacial score (nSPS) is 9.88. The lowest BCUT2D eigenvalue weighted by atomic mass is 10.1. The van der Waals surface area contributed by atoms with E-state index in [1.807, 2.05) is 31.2 Å². The number of hydrogen-bond donors (Lipinski definition) is 3. The molecule has 7 heteroatoms. The van der Waals surface area contributed by atoms with E-state index in [2.05, 4.69) is 10.6 Å². The molecule has 26 heavy (non-hydrogen) atoms. The van der Waals surface area contributed by atoms with Gasteiger partial charge in [-0.3, -0.25) is 9.59 Å². The highest BCUT2D eigenvalue weighted by atomic mass is 35.5. The summed E-state index contributed by atoms with van der Waals surface area (Å²) in [5.74, 6) is -0.132. The van der Waals surface area contributed by atoms with Gasteiger partial charge in [0, 0.05) is 17.8 Å². The highest BCUT2D eigenvalue weighted by molar-refractivity contribution is 5.93. The minimum atomic E-state index is -0.513. The number of halogens is 1. The summed E-state index contributed by atoms with van der Waals surface area (Å²) in [6.45, 7) is 3.80. The van der Waals surface area contributed by atoms with Crippen LogP contribution in [0.25, 0.3) is 0 Å². The van der Waals surface area contributed by atoms with Crippen LogP contribution in [0.1, 0.15) is 29.3 Å². The van der Waals surface area contributed by atoms with Crippen molar-refractivity contribution in [2.75, 3.05) is 18.5 Å². The van der Waals surface area contributed by atoms with Crippen molar-refractivity contribution < 1.29 is 14.3 Å². The minimum absolute atomic E-state index is 0. The Balaban J connectivity index is 0.00000338. The van der Waals surface area contributed by atoms with E-state index in [0.717, 1.165) is 17.8 Å². The van der Waals surface area contributed by atoms with Crippen molar-refractivity contribution in [3.05, 3.63) is 59.7 Å². The van der Waals surface area contributed by atoms with Crippen molar-refractivity contribution in [2.24, 2.45) is 5.73 Å². The van der Waals surface area contributed by atoms with Gasteiger partial charge in [-0.1, -0.05) is 31.2 Å². The predicted octanol–water partition coefficient (Wildman–Crippen LogP) is 2.72. The Bertz CT molecular complexity index is 737. The second-order valence-electron chi connectivity index (χ2n) is 5.48. The molecule has 0 saturated carbocycles. The Labute approximate surface area is 159 Å². The molecule has 0 saturated heterocycles. The number of nitrogens with two attached hydrogens (primary N) is 1. The second kappa shape index (κ2) is 11.1. The highest BCUT2D eigenvalue weighted by Crippen LogP contribution is 2.16. The number of ether oxygens (including phenoxy) is 1. The van der Waals surface area contributed by atoms with E-state index in [1.165, 1.54) is 0 Å². The summed E-state index contributed by atoms with van der Waals surface area (Å²) in [6, 6.07) is 14.3. The van der Waals surface area contributed by atoms with Crippen molar-refractivity contribution in [1.29, 1.82) is 0 Å². The van der Waals surface area contributed by atoms with Gasteiger partial charge < -0.3 is 21.1 Å². The van der Waals surface area contributed by atoms with Crippen molar-refractivity contribution in [3.8, 4) is 5.75 Å². The third kappa shape index (κ3) is 6.74. The topological polar surface area (TPSA) is 93.4 Å². The van der Waals surface area contributed by atoms with Gasteiger partial charge in [-0.15, -0.1) is 12.4 Å². The van der Waals surface area contributed by atoms with Crippen molar-refractivity contribution in [1.82, 2.24) is 5.32 Å². The zero-order chi connectivity index (χ0) is 18.1. The van der Waals surface area contributed by atoms with Crippen LogP contribution in [0.2, 0.25) is 0 Å². The van der Waals surface area contributed by atoms with Crippen LogP contribution >= 0.6 is 12.4 Å². The number of benzene rings is 2. The maximum Gasteiger partial charge on any atom is 0.248 e. The maximum absolute atomic E-state index is 12.1. The van der Waals surface area contributed by atoms with E-state index < -0.39 is 5.91 Å². The molecule has 0 aromatic heterocycles. The largest absolute Gasteiger partial charge is 0.493 e. The summed E-state index contributed by atoms with van der Waals surface area (Å²) < 4.78 is 5.52. The van der Waals surface area contributed by atoms with Gasteiger partial charge in [0.25, 0.3) is 0 Å². The zero-order valence-electron chi connectivity index (χ0n) is 14.7. The third-order valence-corrected chi connectivity index (χ3v) is 3.57. The predicted molar refractivity (Wildman–Crippen MR) is 105 cm³/mol. The Morgan fingerprint density at radius 2 is 1.88 bits per heavy atom. The van der Waals surface area contributed by atoms with Crippen LogP contribution < -0.4 is 21.1 Å². The molecule has 0 unspecified atom stereocenters. The lowest BCUT2D eigenvalue weighted by Crippen LogP contribution is -2.18. The van der Waals surface area contributed by atoms with Crippen LogP contribution in [0.15, 0.2) is 48.5 Å². The van der Waals surface area contributed by atoms with Gasteiger partial charge in [-0.25, -0.2) is 0 Å². The Hall–Kier alpha value is -2.57. The van der Waals surface area contributed by atoms with Crippen molar-refractivity contribution >= 4 is 29.9 Å². The summed E-state index contributed by atoms with van der Waals surface area (Å²) in [6.07, 6.45) is 0.205. The summed E-state index contributed by atoms with van der Waals surface area (Å²) in [5.41, 5.74) is 7.44. The van der Waals surface area contributed by atoms with E-state index >= 15 is 0 Å². The number of amides is 2. The van der Waals surface area contributed by atoms with E-state index in [4.69, 9.17) is 10.5 Å². The first-order valence-corrected chi connectivity index (χ1v) is 8.21. The van der Waals surface area contributed by atoms with Gasteiger partial charge in [0.15, 0.2) is 0 Å². The molecule has 2 aromatic carbocycles.